The predicted octanol–water partition coefficient (Wildman–Crippen LogP) is 4.20. The average Bonchev–Trinajstić information content (AvgIpc) is 2.81. The van der Waals surface area contributed by atoms with Crippen molar-refractivity contribution in [2.45, 2.75) is 11.4 Å². The first kappa shape index (κ1) is 18.6. The van der Waals surface area contributed by atoms with Gasteiger partial charge in [0.05, 0.1) is 17.6 Å². The van der Waals surface area contributed by atoms with Crippen molar-refractivity contribution >= 4 is 34.1 Å². The van der Waals surface area contributed by atoms with Crippen molar-refractivity contribution in [3.05, 3.63) is 100 Å². The summed E-state index contributed by atoms with van der Waals surface area (Å²) < 4.78 is 1.40. The molecule has 148 valence electrons. The number of nitrogens with zero attached hydrogens (tertiary/aromatic N) is 3. The van der Waals surface area contributed by atoms with E-state index in [4.69, 9.17) is 0 Å². The summed E-state index contributed by atoms with van der Waals surface area (Å²) in [6.45, 7) is 0.922. The fraction of sp³-hybridized carbons (Fsp3) is 0.125. The summed E-state index contributed by atoms with van der Waals surface area (Å²) in [5.41, 5.74) is 1.97. The van der Waals surface area contributed by atoms with Gasteiger partial charge in [-0.3, -0.25) is 9.59 Å². The summed E-state index contributed by atoms with van der Waals surface area (Å²) >= 11 is 1.75. The zero-order chi connectivity index (χ0) is 20.5. The Hall–Kier alpha value is -3.38. The van der Waals surface area contributed by atoms with E-state index in [1.54, 1.807) is 28.8 Å². The lowest BCUT2D eigenvalue weighted by atomic mass is 10.1. The molecule has 0 atom stereocenters. The number of benzene rings is 3. The molecule has 0 radical (unpaired) electrons. The summed E-state index contributed by atoms with van der Waals surface area (Å²) in [7, 11) is 0. The van der Waals surface area contributed by atoms with Crippen LogP contribution in [-0.2, 0) is 6.54 Å². The minimum absolute atomic E-state index is 0.180. The maximum atomic E-state index is 13.6. The highest BCUT2D eigenvalue weighted by Crippen LogP contribution is 2.35. The molecule has 1 aromatic heterocycles. The zero-order valence-corrected chi connectivity index (χ0v) is 17.0. The number of thioether (sulfide) groups is 1. The van der Waals surface area contributed by atoms with E-state index < -0.39 is 0 Å². The van der Waals surface area contributed by atoms with Crippen LogP contribution in [0.5, 0.6) is 0 Å². The number of fused-ring (bicyclic) bond motifs is 2. The van der Waals surface area contributed by atoms with E-state index in [1.165, 1.54) is 4.68 Å². The predicted molar refractivity (Wildman–Crippen MR) is 120 cm³/mol. The summed E-state index contributed by atoms with van der Waals surface area (Å²) in [4.78, 5) is 29.5. The molecule has 0 aliphatic carbocycles. The third-order valence-corrected chi connectivity index (χ3v) is 6.26. The molecule has 0 saturated carbocycles. The maximum Gasteiger partial charge on any atom is 0.279 e. The van der Waals surface area contributed by atoms with Crippen LogP contribution in [0.3, 0.4) is 0 Å². The van der Waals surface area contributed by atoms with Gasteiger partial charge in [-0.15, -0.1) is 11.8 Å². The largest absolute Gasteiger partial charge is 0.305 e. The Bertz CT molecular complexity index is 1300. The van der Waals surface area contributed by atoms with Gasteiger partial charge >= 0.3 is 0 Å². The van der Waals surface area contributed by atoms with Gasteiger partial charge in [0.1, 0.15) is 0 Å². The first-order valence-corrected chi connectivity index (χ1v) is 10.8. The molecule has 1 aliphatic heterocycles. The van der Waals surface area contributed by atoms with Crippen LogP contribution in [0.15, 0.2) is 88.6 Å². The molecule has 0 bridgehead atoms. The van der Waals surface area contributed by atoms with E-state index in [0.717, 1.165) is 21.9 Å². The molecule has 6 heteroatoms. The van der Waals surface area contributed by atoms with Crippen molar-refractivity contribution < 1.29 is 4.79 Å². The molecule has 5 rings (SSSR count). The van der Waals surface area contributed by atoms with E-state index in [-0.39, 0.29) is 11.5 Å². The number of amides is 1. The molecule has 4 aromatic rings. The standard InChI is InChI=1S/C24H19N3O2S/c28-23-19-11-5-4-10-18(19)22(25-27(23)16-17-8-2-1-3-9-17)24(29)26-14-15-30-21-13-7-6-12-20(21)26/h1-13H,14-16H2. The van der Waals surface area contributed by atoms with Crippen LogP contribution < -0.4 is 10.5 Å². The Labute approximate surface area is 178 Å². The minimum atomic E-state index is -0.194. The first-order valence-electron chi connectivity index (χ1n) is 9.80. The van der Waals surface area contributed by atoms with Crippen molar-refractivity contribution in [2.24, 2.45) is 0 Å². The lowest BCUT2D eigenvalue weighted by Crippen LogP contribution is -2.37. The molecule has 1 amide bonds. The van der Waals surface area contributed by atoms with E-state index in [1.807, 2.05) is 66.7 Å². The molecule has 3 aromatic carbocycles. The van der Waals surface area contributed by atoms with Crippen LogP contribution in [0.1, 0.15) is 16.1 Å². The van der Waals surface area contributed by atoms with E-state index >= 15 is 0 Å². The van der Waals surface area contributed by atoms with Gasteiger partial charge in [0.15, 0.2) is 5.69 Å². The van der Waals surface area contributed by atoms with Gasteiger partial charge in [0.2, 0.25) is 0 Å². The Morgan fingerprint density at radius 3 is 2.43 bits per heavy atom. The SMILES string of the molecule is O=C(c1nn(Cc2ccccc2)c(=O)c2ccccc12)N1CCSc2ccccc21. The number of hydrogen-bond acceptors (Lipinski definition) is 4. The molecule has 1 aliphatic rings. The van der Waals surface area contributed by atoms with Crippen LogP contribution in [0.25, 0.3) is 10.8 Å². The van der Waals surface area contributed by atoms with E-state index in [9.17, 15) is 9.59 Å². The molecule has 30 heavy (non-hydrogen) atoms. The third-order valence-electron chi connectivity index (χ3n) is 5.22. The van der Waals surface area contributed by atoms with Crippen LogP contribution in [-0.4, -0.2) is 28.0 Å². The summed E-state index contributed by atoms with van der Waals surface area (Å²) in [6, 6.07) is 24.8. The second kappa shape index (κ2) is 7.80. The van der Waals surface area contributed by atoms with Crippen molar-refractivity contribution in [3.8, 4) is 0 Å². The monoisotopic (exact) mass is 413 g/mol. The molecule has 2 heterocycles. The van der Waals surface area contributed by atoms with Gasteiger partial charge in [-0.1, -0.05) is 60.7 Å². The Morgan fingerprint density at radius 1 is 0.900 bits per heavy atom. The fourth-order valence-electron chi connectivity index (χ4n) is 3.76. The highest BCUT2D eigenvalue weighted by Gasteiger charge is 2.27. The third kappa shape index (κ3) is 3.29. The number of rotatable bonds is 3. The molecule has 0 spiro atoms. The normalized spacial score (nSPS) is 13.3. The lowest BCUT2D eigenvalue weighted by molar-refractivity contribution is 0.0982. The van der Waals surface area contributed by atoms with Crippen LogP contribution in [0.2, 0.25) is 0 Å². The smallest absolute Gasteiger partial charge is 0.279 e. The number of carbonyl (C=O) groups excluding carboxylic acids is 1. The van der Waals surface area contributed by atoms with Crippen molar-refractivity contribution in [2.75, 3.05) is 17.2 Å². The summed E-state index contributed by atoms with van der Waals surface area (Å²) in [5, 5.41) is 5.65. The van der Waals surface area contributed by atoms with Gasteiger partial charge in [-0.25, -0.2) is 4.68 Å². The molecule has 0 saturated heterocycles. The van der Waals surface area contributed by atoms with Crippen LogP contribution >= 0.6 is 11.8 Å². The van der Waals surface area contributed by atoms with Crippen molar-refractivity contribution in [1.82, 2.24) is 9.78 Å². The molecular formula is C24H19N3O2S. The van der Waals surface area contributed by atoms with E-state index in [0.29, 0.717) is 29.6 Å². The van der Waals surface area contributed by atoms with Gasteiger partial charge in [0, 0.05) is 22.6 Å². The summed E-state index contributed by atoms with van der Waals surface area (Å²) in [6.07, 6.45) is 0. The second-order valence-corrected chi connectivity index (χ2v) is 8.25. The highest BCUT2D eigenvalue weighted by atomic mass is 32.2. The molecule has 5 nitrogen and oxygen atoms in total. The second-order valence-electron chi connectivity index (χ2n) is 7.12. The van der Waals surface area contributed by atoms with Crippen LogP contribution in [0.4, 0.5) is 5.69 Å². The van der Waals surface area contributed by atoms with Gasteiger partial charge in [-0.05, 0) is 23.8 Å². The van der Waals surface area contributed by atoms with Gasteiger partial charge in [0.25, 0.3) is 11.5 Å². The first-order chi connectivity index (χ1) is 14.7. The lowest BCUT2D eigenvalue weighted by Gasteiger charge is -2.29. The van der Waals surface area contributed by atoms with Crippen LogP contribution in [0, 0.1) is 0 Å². The maximum absolute atomic E-state index is 13.6. The minimum Gasteiger partial charge on any atom is -0.305 e. The number of anilines is 1. The molecular weight excluding hydrogens is 394 g/mol. The van der Waals surface area contributed by atoms with E-state index in [2.05, 4.69) is 5.10 Å². The summed E-state index contributed by atoms with van der Waals surface area (Å²) in [5.74, 6) is 0.644. The quantitative estimate of drug-likeness (QED) is 0.505. The Kier molecular flexibility index (Phi) is 4.85. The topological polar surface area (TPSA) is 55.2 Å². The highest BCUT2D eigenvalue weighted by molar-refractivity contribution is 7.99. The number of hydrogen-bond donors (Lipinski definition) is 0. The molecule has 0 fully saturated rings. The molecule has 0 unspecified atom stereocenters. The Balaban J connectivity index is 1.65. The zero-order valence-electron chi connectivity index (χ0n) is 16.2. The number of aromatic nitrogens is 2. The Morgan fingerprint density at radius 2 is 1.60 bits per heavy atom. The number of carbonyl (C=O) groups is 1. The van der Waals surface area contributed by atoms with Gasteiger partial charge < -0.3 is 4.90 Å². The number of para-hydroxylation sites is 1. The molecule has 0 N–H and O–H groups in total. The van der Waals surface area contributed by atoms with Crippen molar-refractivity contribution in [3.63, 3.8) is 0 Å². The average molecular weight is 414 g/mol. The van der Waals surface area contributed by atoms with Gasteiger partial charge in [-0.2, -0.15) is 5.10 Å². The van der Waals surface area contributed by atoms with Crippen molar-refractivity contribution in [1.29, 1.82) is 0 Å². The fourth-order valence-corrected chi connectivity index (χ4v) is 4.76.